The van der Waals surface area contributed by atoms with Gasteiger partial charge in [0.1, 0.15) is 0 Å². The van der Waals surface area contributed by atoms with E-state index in [-0.39, 0.29) is 18.4 Å². The number of esters is 1. The van der Waals surface area contributed by atoms with E-state index in [9.17, 15) is 4.79 Å². The molecule has 0 radical (unpaired) electrons. The van der Waals surface area contributed by atoms with Gasteiger partial charge in [0.05, 0.1) is 12.7 Å². The van der Waals surface area contributed by atoms with E-state index in [1.165, 1.54) is 7.11 Å². The highest BCUT2D eigenvalue weighted by molar-refractivity contribution is 5.89. The van der Waals surface area contributed by atoms with Crippen LogP contribution < -0.4 is 5.73 Å². The Morgan fingerprint density at radius 3 is 2.64 bits per heavy atom. The number of ether oxygens (including phenoxy) is 1. The van der Waals surface area contributed by atoms with Crippen molar-refractivity contribution in [3.8, 4) is 0 Å². The predicted octanol–water partition coefficient (Wildman–Crippen LogP) is 1.66. The normalized spacial score (nSPS) is 9.07. The Balaban J connectivity index is 0.00000169. The Bertz CT molecular complexity index is 326. The highest BCUT2D eigenvalue weighted by Crippen LogP contribution is 2.11. The molecule has 3 nitrogen and oxygen atoms in total. The molecule has 0 aliphatic rings. The summed E-state index contributed by atoms with van der Waals surface area (Å²) in [6, 6.07) is 5.37. The van der Waals surface area contributed by atoms with E-state index in [1.54, 1.807) is 12.1 Å². The molecule has 0 amide bonds. The zero-order valence-corrected chi connectivity index (χ0v) is 9.06. The fourth-order valence-corrected chi connectivity index (χ4v) is 1.14. The van der Waals surface area contributed by atoms with Crippen LogP contribution in [-0.2, 0) is 11.3 Å². The number of carbonyl (C=O) groups excluding carboxylic acids is 1. The first kappa shape index (κ1) is 12.9. The summed E-state index contributed by atoms with van der Waals surface area (Å²) < 4.78 is 4.60. The number of benzene rings is 1. The molecule has 2 N–H and O–H groups in total. The number of rotatable bonds is 2. The molecular weight excluding hydrogens is 202 g/mol. The molecule has 0 fully saturated rings. The summed E-state index contributed by atoms with van der Waals surface area (Å²) in [7, 11) is 1.37. The number of hydrogen-bond donors (Lipinski definition) is 1. The average molecular weight is 216 g/mol. The highest BCUT2D eigenvalue weighted by atomic mass is 35.5. The molecule has 78 valence electrons. The molecular formula is C10H14ClNO2. The molecule has 0 aliphatic heterocycles. The van der Waals surface area contributed by atoms with Crippen LogP contribution in [0.3, 0.4) is 0 Å². The Labute approximate surface area is 89.7 Å². The van der Waals surface area contributed by atoms with E-state index in [0.717, 1.165) is 11.1 Å². The smallest absolute Gasteiger partial charge is 0.337 e. The van der Waals surface area contributed by atoms with Gasteiger partial charge in [-0.05, 0) is 30.2 Å². The summed E-state index contributed by atoms with van der Waals surface area (Å²) >= 11 is 0. The molecule has 1 aromatic carbocycles. The molecule has 0 atom stereocenters. The molecule has 0 unspecified atom stereocenters. The first-order chi connectivity index (χ1) is 6.19. The van der Waals surface area contributed by atoms with Gasteiger partial charge in [0.15, 0.2) is 0 Å². The molecule has 0 aliphatic carbocycles. The maximum Gasteiger partial charge on any atom is 0.337 e. The van der Waals surface area contributed by atoms with Crippen molar-refractivity contribution in [2.75, 3.05) is 7.11 Å². The van der Waals surface area contributed by atoms with Crippen molar-refractivity contribution in [2.45, 2.75) is 13.5 Å². The quantitative estimate of drug-likeness (QED) is 0.764. The zero-order chi connectivity index (χ0) is 9.84. The summed E-state index contributed by atoms with van der Waals surface area (Å²) in [4.78, 5) is 11.1. The van der Waals surface area contributed by atoms with Crippen LogP contribution in [0.25, 0.3) is 0 Å². The Morgan fingerprint density at radius 2 is 2.14 bits per heavy atom. The van der Waals surface area contributed by atoms with Gasteiger partial charge in [-0.2, -0.15) is 0 Å². The predicted molar refractivity (Wildman–Crippen MR) is 57.7 cm³/mol. The molecule has 0 saturated carbocycles. The van der Waals surface area contributed by atoms with E-state index in [1.807, 2.05) is 13.0 Å². The van der Waals surface area contributed by atoms with E-state index in [4.69, 9.17) is 5.73 Å². The second-order valence-electron chi connectivity index (χ2n) is 2.84. The molecule has 1 aromatic rings. The lowest BCUT2D eigenvalue weighted by Crippen LogP contribution is -2.05. The van der Waals surface area contributed by atoms with Crippen molar-refractivity contribution in [1.82, 2.24) is 0 Å². The Hall–Kier alpha value is -1.06. The van der Waals surface area contributed by atoms with Gasteiger partial charge in [-0.15, -0.1) is 12.4 Å². The zero-order valence-electron chi connectivity index (χ0n) is 8.24. The SMILES string of the molecule is COC(=O)c1ccc(C)c(CN)c1.Cl. The summed E-state index contributed by atoms with van der Waals surface area (Å²) in [5.41, 5.74) is 8.13. The minimum absolute atomic E-state index is 0. The van der Waals surface area contributed by atoms with Crippen molar-refractivity contribution >= 4 is 18.4 Å². The minimum atomic E-state index is -0.324. The lowest BCUT2D eigenvalue weighted by Gasteiger charge is -2.04. The Morgan fingerprint density at radius 1 is 1.50 bits per heavy atom. The first-order valence-corrected chi connectivity index (χ1v) is 4.07. The van der Waals surface area contributed by atoms with Gasteiger partial charge in [-0.1, -0.05) is 6.07 Å². The topological polar surface area (TPSA) is 52.3 Å². The van der Waals surface area contributed by atoms with Gasteiger partial charge in [-0.3, -0.25) is 0 Å². The summed E-state index contributed by atoms with van der Waals surface area (Å²) in [5.74, 6) is -0.324. The number of halogens is 1. The minimum Gasteiger partial charge on any atom is -0.465 e. The lowest BCUT2D eigenvalue weighted by molar-refractivity contribution is 0.0600. The van der Waals surface area contributed by atoms with Gasteiger partial charge in [-0.25, -0.2) is 4.79 Å². The number of aryl methyl sites for hydroxylation is 1. The number of hydrogen-bond acceptors (Lipinski definition) is 3. The maximum atomic E-state index is 11.1. The molecule has 0 bridgehead atoms. The highest BCUT2D eigenvalue weighted by Gasteiger charge is 2.06. The summed E-state index contributed by atoms with van der Waals surface area (Å²) in [6.45, 7) is 2.40. The van der Waals surface area contributed by atoms with Gasteiger partial charge in [0.2, 0.25) is 0 Å². The van der Waals surface area contributed by atoms with Crippen LogP contribution in [0.4, 0.5) is 0 Å². The molecule has 4 heteroatoms. The molecule has 0 saturated heterocycles. The fourth-order valence-electron chi connectivity index (χ4n) is 1.14. The van der Waals surface area contributed by atoms with Crippen molar-refractivity contribution in [2.24, 2.45) is 5.73 Å². The van der Waals surface area contributed by atoms with Gasteiger partial charge >= 0.3 is 5.97 Å². The molecule has 0 spiro atoms. The van der Waals surface area contributed by atoms with Crippen molar-refractivity contribution in [3.63, 3.8) is 0 Å². The van der Waals surface area contributed by atoms with Crippen LogP contribution in [0, 0.1) is 6.92 Å². The van der Waals surface area contributed by atoms with Crippen molar-refractivity contribution in [1.29, 1.82) is 0 Å². The fraction of sp³-hybridized carbons (Fsp3) is 0.300. The molecule has 0 aromatic heterocycles. The van der Waals surface area contributed by atoms with E-state index >= 15 is 0 Å². The van der Waals surface area contributed by atoms with Crippen LogP contribution in [0.2, 0.25) is 0 Å². The van der Waals surface area contributed by atoms with Crippen LogP contribution in [-0.4, -0.2) is 13.1 Å². The molecule has 1 rings (SSSR count). The lowest BCUT2D eigenvalue weighted by atomic mass is 10.1. The third-order valence-corrected chi connectivity index (χ3v) is 1.99. The summed E-state index contributed by atoms with van der Waals surface area (Å²) in [6.07, 6.45) is 0. The van der Waals surface area contributed by atoms with E-state index < -0.39 is 0 Å². The summed E-state index contributed by atoms with van der Waals surface area (Å²) in [5, 5.41) is 0. The van der Waals surface area contributed by atoms with Crippen LogP contribution in [0.1, 0.15) is 21.5 Å². The third kappa shape index (κ3) is 2.72. The van der Waals surface area contributed by atoms with Crippen molar-refractivity contribution < 1.29 is 9.53 Å². The largest absolute Gasteiger partial charge is 0.465 e. The first-order valence-electron chi connectivity index (χ1n) is 4.07. The third-order valence-electron chi connectivity index (χ3n) is 1.99. The number of carbonyl (C=O) groups is 1. The van der Waals surface area contributed by atoms with Gasteiger partial charge in [0.25, 0.3) is 0 Å². The number of methoxy groups -OCH3 is 1. The Kier molecular flexibility index (Phi) is 5.20. The second-order valence-corrected chi connectivity index (χ2v) is 2.84. The second kappa shape index (κ2) is 5.62. The van der Waals surface area contributed by atoms with Crippen molar-refractivity contribution in [3.05, 3.63) is 34.9 Å². The number of nitrogens with two attached hydrogens (primary N) is 1. The van der Waals surface area contributed by atoms with E-state index in [0.29, 0.717) is 12.1 Å². The molecule has 14 heavy (non-hydrogen) atoms. The standard InChI is InChI=1S/C10H13NO2.ClH/c1-7-3-4-8(10(12)13-2)5-9(7)6-11;/h3-5H,6,11H2,1-2H3;1H. The van der Waals surface area contributed by atoms with Crippen LogP contribution in [0.15, 0.2) is 18.2 Å². The van der Waals surface area contributed by atoms with Crippen LogP contribution >= 0.6 is 12.4 Å². The van der Waals surface area contributed by atoms with E-state index in [2.05, 4.69) is 4.74 Å². The van der Waals surface area contributed by atoms with Gasteiger partial charge < -0.3 is 10.5 Å². The van der Waals surface area contributed by atoms with Crippen LogP contribution in [0.5, 0.6) is 0 Å². The maximum absolute atomic E-state index is 11.1. The van der Waals surface area contributed by atoms with Gasteiger partial charge in [0, 0.05) is 6.54 Å². The monoisotopic (exact) mass is 215 g/mol. The average Bonchev–Trinajstić information content (AvgIpc) is 2.17. The molecule has 0 heterocycles.